The van der Waals surface area contributed by atoms with Gasteiger partial charge in [0.2, 0.25) is 6.23 Å². The number of quaternary nitrogens is 3. The lowest BCUT2D eigenvalue weighted by atomic mass is 10.1. The van der Waals surface area contributed by atoms with E-state index in [1.807, 2.05) is 42.3 Å². The molecule has 11 heteroatoms. The first-order chi connectivity index (χ1) is 28.9. The third-order valence-corrected chi connectivity index (χ3v) is 12.2. The molecule has 0 aromatic heterocycles. The molecule has 11 nitrogen and oxygen atoms in total. The van der Waals surface area contributed by atoms with Crippen LogP contribution in [0.15, 0.2) is 0 Å². The van der Waals surface area contributed by atoms with Gasteiger partial charge in [-0.25, -0.2) is 14.4 Å². The van der Waals surface area contributed by atoms with Crippen LogP contribution in [0.4, 0.5) is 0 Å². The van der Waals surface area contributed by atoms with Crippen molar-refractivity contribution in [3.63, 3.8) is 0 Å². The van der Waals surface area contributed by atoms with Gasteiger partial charge in [0, 0.05) is 0 Å². The van der Waals surface area contributed by atoms with Gasteiger partial charge in [0.1, 0.15) is 0 Å². The molecule has 0 aromatic carbocycles. The Hall–Kier alpha value is -1.79. The monoisotopic (exact) mass is 871 g/mol. The molecule has 0 saturated carbocycles. The van der Waals surface area contributed by atoms with Crippen molar-refractivity contribution < 1.29 is 42.0 Å². The van der Waals surface area contributed by atoms with Crippen LogP contribution >= 0.6 is 0 Å². The van der Waals surface area contributed by atoms with Crippen molar-refractivity contribution in [3.05, 3.63) is 0 Å². The average Bonchev–Trinajstić information content (AvgIpc) is 3.16. The lowest BCUT2D eigenvalue weighted by Gasteiger charge is -2.36. The standard InChI is InChI=1S/C50H104N5O6/c1-10-13-16-19-22-25-28-31-34-37-40-53(4,5)43-46(56)59-49(51)50(52,60-47(57)44-54(6,7)41-38-35-32-29-26-23-20-17-14-11-2)61-48(58)45-55(8,9)42-39-36-33-30-27-24-21-18-15-12-3/h49H,10-45,51-52H2,1-9H3/q+3. The Balaban J connectivity index is 5.32. The van der Waals surface area contributed by atoms with E-state index in [-0.39, 0.29) is 19.6 Å². The van der Waals surface area contributed by atoms with Crippen LogP contribution < -0.4 is 11.5 Å². The lowest BCUT2D eigenvalue weighted by Crippen LogP contribution is -2.64. The van der Waals surface area contributed by atoms with Gasteiger partial charge in [-0.15, -0.1) is 0 Å². The number of hydrogen-bond donors (Lipinski definition) is 2. The highest BCUT2D eigenvalue weighted by Crippen LogP contribution is 2.19. The Morgan fingerprint density at radius 2 is 0.607 bits per heavy atom. The third-order valence-electron chi connectivity index (χ3n) is 12.2. The predicted octanol–water partition coefficient (Wildman–Crippen LogP) is 10.5. The molecule has 0 rings (SSSR count). The van der Waals surface area contributed by atoms with E-state index < -0.39 is 30.0 Å². The van der Waals surface area contributed by atoms with Crippen molar-refractivity contribution in [1.82, 2.24) is 0 Å². The van der Waals surface area contributed by atoms with Gasteiger partial charge in [0.15, 0.2) is 19.6 Å². The molecule has 0 aliphatic carbocycles. The van der Waals surface area contributed by atoms with Gasteiger partial charge >= 0.3 is 23.8 Å². The quantitative estimate of drug-likeness (QED) is 0.0268. The van der Waals surface area contributed by atoms with Crippen LogP contribution in [0.3, 0.4) is 0 Å². The average molecular weight is 871 g/mol. The summed E-state index contributed by atoms with van der Waals surface area (Å²) in [4.78, 5) is 40.3. The molecule has 0 saturated heterocycles. The van der Waals surface area contributed by atoms with E-state index in [1.54, 1.807) is 0 Å². The van der Waals surface area contributed by atoms with E-state index >= 15 is 0 Å². The number of esters is 3. The molecule has 0 spiro atoms. The Bertz CT molecular complexity index is 1050. The Morgan fingerprint density at radius 3 is 0.852 bits per heavy atom. The molecule has 362 valence electrons. The Morgan fingerprint density at radius 1 is 0.393 bits per heavy atom. The summed E-state index contributed by atoms with van der Waals surface area (Å²) in [7, 11) is 11.9. The molecule has 0 radical (unpaired) electrons. The van der Waals surface area contributed by atoms with Gasteiger partial charge in [0.05, 0.1) is 61.9 Å². The molecule has 0 amide bonds. The maximum atomic E-state index is 13.5. The second-order valence-electron chi connectivity index (χ2n) is 20.6. The van der Waals surface area contributed by atoms with Crippen LogP contribution in [0.1, 0.15) is 213 Å². The van der Waals surface area contributed by atoms with Gasteiger partial charge < -0.3 is 27.7 Å². The van der Waals surface area contributed by atoms with Gasteiger partial charge in [-0.3, -0.25) is 11.5 Å². The number of nitrogens with zero attached hydrogens (tertiary/aromatic N) is 3. The van der Waals surface area contributed by atoms with Crippen LogP contribution in [0.2, 0.25) is 0 Å². The van der Waals surface area contributed by atoms with Crippen molar-refractivity contribution in [2.24, 2.45) is 11.5 Å². The SMILES string of the molecule is CCCCCCCCCCCC[N+](C)(C)CC(=O)OC(N)C(N)(OC(=O)C[N+](C)(C)CCCCCCCCCCCC)OC(=O)C[N+](C)(C)CCCCCCCCCCCC. The van der Waals surface area contributed by atoms with Crippen LogP contribution in [-0.2, 0) is 28.6 Å². The maximum absolute atomic E-state index is 13.5. The molecule has 0 fully saturated rings. The van der Waals surface area contributed by atoms with Crippen LogP contribution in [0, 0.1) is 0 Å². The number of carbonyl (C=O) groups is 3. The van der Waals surface area contributed by atoms with Gasteiger partial charge in [-0.1, -0.05) is 175 Å². The highest BCUT2D eigenvalue weighted by molar-refractivity contribution is 5.74. The molecule has 0 aromatic rings. The Kier molecular flexibility index (Phi) is 34.5. The zero-order valence-corrected chi connectivity index (χ0v) is 42.0. The van der Waals surface area contributed by atoms with E-state index in [0.717, 1.165) is 58.2 Å². The van der Waals surface area contributed by atoms with Crippen molar-refractivity contribution in [3.8, 4) is 0 Å². The van der Waals surface area contributed by atoms with E-state index in [2.05, 4.69) is 20.8 Å². The molecule has 0 heterocycles. The maximum Gasteiger partial charge on any atom is 0.368 e. The molecule has 0 aliphatic heterocycles. The largest absolute Gasteiger partial charge is 0.432 e. The van der Waals surface area contributed by atoms with Crippen molar-refractivity contribution in [2.45, 2.75) is 226 Å². The Labute approximate surface area is 377 Å². The summed E-state index contributed by atoms with van der Waals surface area (Å²) in [5, 5.41) is 0. The molecule has 0 aliphatic rings. The fourth-order valence-corrected chi connectivity index (χ4v) is 8.19. The zero-order chi connectivity index (χ0) is 45.9. The molecule has 0 bridgehead atoms. The molecule has 1 atom stereocenters. The summed E-state index contributed by atoms with van der Waals surface area (Å²) in [6.45, 7) is 9.14. The number of rotatable bonds is 43. The summed E-state index contributed by atoms with van der Waals surface area (Å²) >= 11 is 0. The van der Waals surface area contributed by atoms with Gasteiger partial charge in [-0.2, -0.15) is 0 Å². The van der Waals surface area contributed by atoms with E-state index in [1.165, 1.54) is 154 Å². The number of unbranched alkanes of at least 4 members (excludes halogenated alkanes) is 27. The number of nitrogens with two attached hydrogens (primary N) is 2. The number of ether oxygens (including phenoxy) is 3. The highest BCUT2D eigenvalue weighted by Gasteiger charge is 2.46. The number of carbonyl (C=O) groups excluding carboxylic acids is 3. The summed E-state index contributed by atoms with van der Waals surface area (Å²) < 4.78 is 18.2. The van der Waals surface area contributed by atoms with E-state index in [9.17, 15) is 14.4 Å². The first-order valence-electron chi connectivity index (χ1n) is 25.5. The zero-order valence-electron chi connectivity index (χ0n) is 42.0. The van der Waals surface area contributed by atoms with Crippen LogP contribution in [0.25, 0.3) is 0 Å². The van der Waals surface area contributed by atoms with Crippen molar-refractivity contribution in [1.29, 1.82) is 0 Å². The van der Waals surface area contributed by atoms with E-state index in [0.29, 0.717) is 13.4 Å². The minimum absolute atomic E-state index is 0.00231. The molecular weight excluding hydrogens is 767 g/mol. The topological polar surface area (TPSA) is 131 Å². The van der Waals surface area contributed by atoms with E-state index in [4.69, 9.17) is 25.7 Å². The predicted molar refractivity (Wildman–Crippen MR) is 254 cm³/mol. The van der Waals surface area contributed by atoms with Crippen molar-refractivity contribution in [2.75, 3.05) is 81.6 Å². The molecule has 61 heavy (non-hydrogen) atoms. The summed E-state index contributed by atoms with van der Waals surface area (Å²) in [5.41, 5.74) is 13.0. The summed E-state index contributed by atoms with van der Waals surface area (Å²) in [6.07, 6.45) is 35.4. The third kappa shape index (κ3) is 35.3. The first kappa shape index (κ1) is 59.2. The first-order valence-corrected chi connectivity index (χ1v) is 25.5. The van der Waals surface area contributed by atoms with Crippen molar-refractivity contribution >= 4 is 17.9 Å². The number of hydrogen-bond acceptors (Lipinski definition) is 8. The van der Waals surface area contributed by atoms with Gasteiger partial charge in [0.25, 0.3) is 0 Å². The molecule has 4 N–H and O–H groups in total. The normalized spacial score (nSPS) is 13.0. The smallest absolute Gasteiger partial charge is 0.368 e. The minimum Gasteiger partial charge on any atom is -0.432 e. The fraction of sp³-hybridized carbons (Fsp3) is 0.940. The highest BCUT2D eigenvalue weighted by atomic mass is 16.8. The van der Waals surface area contributed by atoms with Crippen LogP contribution in [-0.4, -0.2) is 125 Å². The number of likely N-dealkylation sites (N-methyl/N-ethyl adjacent to an activating group) is 3. The summed E-state index contributed by atoms with van der Waals surface area (Å²) in [6, 6.07) is 0. The second-order valence-corrected chi connectivity index (χ2v) is 20.6. The fourth-order valence-electron chi connectivity index (χ4n) is 8.19. The lowest BCUT2D eigenvalue weighted by molar-refractivity contribution is -0.883. The summed E-state index contributed by atoms with van der Waals surface area (Å²) in [5.74, 6) is -4.42. The molecular formula is C50H104N5O6+3. The second kappa shape index (κ2) is 35.5. The molecule has 1 unspecified atom stereocenters. The van der Waals surface area contributed by atoms with Gasteiger partial charge in [-0.05, 0) is 38.5 Å². The van der Waals surface area contributed by atoms with Crippen LogP contribution in [0.5, 0.6) is 0 Å². The minimum atomic E-state index is -2.48.